The predicted octanol–water partition coefficient (Wildman–Crippen LogP) is 40.2. The maximum atomic E-state index is 6.41. The highest BCUT2D eigenvalue weighted by atomic mass is 16.3. The van der Waals surface area contributed by atoms with Crippen molar-refractivity contribution < 1.29 is 26.5 Å². The Bertz CT molecular complexity index is 9330. The Morgan fingerprint density at radius 2 is 0.231 bits per heavy atom. The van der Waals surface area contributed by atoms with Gasteiger partial charge in [0.15, 0.2) is 0 Å². The summed E-state index contributed by atoms with van der Waals surface area (Å²) in [6, 6.07) is 189. The second-order valence-corrected chi connectivity index (χ2v) is 37.1. The van der Waals surface area contributed by atoms with Gasteiger partial charge in [0.25, 0.3) is 0 Å². The zero-order valence-electron chi connectivity index (χ0n) is 79.7. The molecule has 9 heteroatoms. The summed E-state index contributed by atoms with van der Waals surface area (Å²) in [5.41, 5.74) is 38.5. The van der Waals surface area contributed by atoms with Gasteiger partial charge in [-0.25, -0.2) is 0 Å². The molecule has 9 nitrogen and oxygen atoms in total. The van der Waals surface area contributed by atoms with Crippen molar-refractivity contribution in [2.75, 3.05) is 14.7 Å². The summed E-state index contributed by atoms with van der Waals surface area (Å²) in [7, 11) is 0. The van der Waals surface area contributed by atoms with Crippen LogP contribution < -0.4 is 14.7 Å². The summed E-state index contributed by atoms with van der Waals surface area (Å²) in [6.45, 7) is 0. The van der Waals surface area contributed by atoms with Crippen LogP contribution >= 0.6 is 0 Å². The minimum absolute atomic E-state index is 0.896. The summed E-state index contributed by atoms with van der Waals surface area (Å²) in [5, 5.41) is 13.6. The zero-order valence-corrected chi connectivity index (χ0v) is 79.7. The summed E-state index contributed by atoms with van der Waals surface area (Å²) in [4.78, 5) is 6.91. The number of furan rings is 6. The molecule has 0 unspecified atom stereocenters. The van der Waals surface area contributed by atoms with Gasteiger partial charge in [-0.3, -0.25) is 0 Å². The molecule has 0 atom stereocenters. The van der Waals surface area contributed by atoms with E-state index in [1.165, 1.54) is 22.3 Å². The Kier molecular flexibility index (Phi) is 21.8. The fourth-order valence-corrected chi connectivity index (χ4v) is 21.4. The topological polar surface area (TPSA) is 88.6 Å². The van der Waals surface area contributed by atoms with E-state index in [9.17, 15) is 0 Å². The van der Waals surface area contributed by atoms with Gasteiger partial charge in [0, 0.05) is 149 Å². The minimum atomic E-state index is 0.896. The van der Waals surface area contributed by atoms with Crippen LogP contribution in [0.15, 0.2) is 566 Å². The third-order valence-corrected chi connectivity index (χ3v) is 28.5. The molecule has 0 amide bonds. The first-order chi connectivity index (χ1) is 72.9. The number of fused-ring (bicyclic) bond motifs is 18. The van der Waals surface area contributed by atoms with Gasteiger partial charge < -0.3 is 41.2 Å². The van der Waals surface area contributed by atoms with Crippen LogP contribution in [0.2, 0.25) is 0 Å². The van der Waals surface area contributed by atoms with E-state index in [0.717, 1.165) is 250 Å². The maximum absolute atomic E-state index is 6.41. The molecule has 6 aromatic heterocycles. The van der Waals surface area contributed by atoms with Crippen molar-refractivity contribution in [3.8, 4) is 89.0 Å². The average Bonchev–Trinajstić information content (AvgIpc) is 1.69. The van der Waals surface area contributed by atoms with Crippen LogP contribution in [0.25, 0.3) is 221 Å². The van der Waals surface area contributed by atoms with Crippen LogP contribution in [0, 0.1) is 0 Å². The molecule has 0 radical (unpaired) electrons. The van der Waals surface area contributed by atoms with E-state index in [1.807, 2.05) is 72.8 Å². The molecule has 692 valence electrons. The zero-order chi connectivity index (χ0) is 97.2. The van der Waals surface area contributed by atoms with Gasteiger partial charge in [-0.15, -0.1) is 0 Å². The van der Waals surface area contributed by atoms with Crippen LogP contribution in [0.5, 0.6) is 0 Å². The van der Waals surface area contributed by atoms with Crippen molar-refractivity contribution in [1.29, 1.82) is 0 Å². The maximum Gasteiger partial charge on any atom is 0.143 e. The van der Waals surface area contributed by atoms with Gasteiger partial charge in [-0.1, -0.05) is 394 Å². The van der Waals surface area contributed by atoms with Crippen LogP contribution in [-0.4, -0.2) is 0 Å². The van der Waals surface area contributed by atoms with Gasteiger partial charge in [0.1, 0.15) is 67.0 Å². The van der Waals surface area contributed by atoms with Crippen molar-refractivity contribution in [2.24, 2.45) is 0 Å². The lowest BCUT2D eigenvalue weighted by atomic mass is 10.00. The number of hydrogen-bond acceptors (Lipinski definition) is 9. The van der Waals surface area contributed by atoms with E-state index in [4.69, 9.17) is 26.5 Å². The lowest BCUT2D eigenvalue weighted by molar-refractivity contribution is 0.669. The number of nitrogens with zero attached hydrogens (tertiary/aromatic N) is 3. The van der Waals surface area contributed by atoms with Crippen LogP contribution in [0.1, 0.15) is 0 Å². The van der Waals surface area contributed by atoms with Gasteiger partial charge >= 0.3 is 0 Å². The fourth-order valence-electron chi connectivity index (χ4n) is 21.4. The molecule has 6 heterocycles. The quantitative estimate of drug-likeness (QED) is 0.0884. The summed E-state index contributed by atoms with van der Waals surface area (Å²) < 4.78 is 38.2. The Morgan fingerprint density at radius 1 is 0.0952 bits per heavy atom. The predicted molar refractivity (Wildman–Crippen MR) is 611 cm³/mol. The minimum Gasteiger partial charge on any atom is -0.455 e. The number of anilines is 9. The van der Waals surface area contributed by atoms with E-state index < -0.39 is 0 Å². The van der Waals surface area contributed by atoms with Crippen molar-refractivity contribution in [3.05, 3.63) is 540 Å². The molecule has 0 aliphatic rings. The van der Waals surface area contributed by atoms with Gasteiger partial charge in [-0.2, -0.15) is 0 Å². The Labute approximate surface area is 847 Å². The third kappa shape index (κ3) is 15.9. The highest BCUT2D eigenvalue weighted by molar-refractivity contribution is 6.16. The first-order valence-corrected chi connectivity index (χ1v) is 49.7. The molecule has 0 bridgehead atoms. The van der Waals surface area contributed by atoms with Crippen molar-refractivity contribution in [1.82, 2.24) is 0 Å². The van der Waals surface area contributed by atoms with Crippen molar-refractivity contribution in [3.63, 3.8) is 0 Å². The number of benzene rings is 23. The van der Waals surface area contributed by atoms with Crippen LogP contribution in [0.3, 0.4) is 0 Å². The smallest absolute Gasteiger partial charge is 0.143 e. The molecule has 0 spiro atoms. The highest BCUT2D eigenvalue weighted by Gasteiger charge is 2.25. The summed E-state index contributed by atoms with van der Waals surface area (Å²) in [6.07, 6.45) is 0. The van der Waals surface area contributed by atoms with Gasteiger partial charge in [0.05, 0.1) is 0 Å². The van der Waals surface area contributed by atoms with Crippen molar-refractivity contribution >= 4 is 183 Å². The Morgan fingerprint density at radius 3 is 0.415 bits per heavy atom. The first kappa shape index (κ1) is 86.4. The van der Waals surface area contributed by atoms with E-state index >= 15 is 0 Å². The molecule has 23 aromatic carbocycles. The van der Waals surface area contributed by atoms with E-state index in [-0.39, 0.29) is 0 Å². The Balaban J connectivity index is 0.000000111. The molecular weight excluding hydrogens is 1800 g/mol. The van der Waals surface area contributed by atoms with Gasteiger partial charge in [0.2, 0.25) is 0 Å². The number of para-hydroxylation sites is 13. The Hall–Kier alpha value is -19.7. The number of hydrogen-bond donors (Lipinski definition) is 0. The average molecular weight is 1890 g/mol. The third-order valence-electron chi connectivity index (χ3n) is 28.5. The van der Waals surface area contributed by atoms with Crippen molar-refractivity contribution in [2.45, 2.75) is 0 Å². The molecule has 0 aliphatic carbocycles. The largest absolute Gasteiger partial charge is 0.455 e. The lowest BCUT2D eigenvalue weighted by Gasteiger charge is -2.26. The normalized spacial score (nSPS) is 11.5. The second-order valence-electron chi connectivity index (χ2n) is 37.1. The first-order valence-electron chi connectivity index (χ1n) is 49.7. The molecule has 147 heavy (non-hydrogen) atoms. The standard InChI is InChI=1S/C54H33NO3.C42H27NO2.C42H29NO/c1-4-19-49-43(10-1)46-16-7-13-40(52(46)56-49)34-22-28-37(29-23-34)55(38-30-24-35(25-31-38)41-14-8-17-47-44-11-2-5-20-50(44)57-53(41)47)39-32-26-36(27-33-39)42-15-9-18-48-45-12-3-6-21-51(45)58-54(42)48;1-2-10-30(11-3-1)43(31-24-20-28(21-25-31)33-14-8-16-37-35-12-4-6-18-39(35)44-41(33)37)32-26-22-29(23-27-32)34-15-9-17-38-36-13-5-7-19-40(36)45-42(34)38;1-3-10-30(11-4-1)32-18-24-35(25-19-32)43(36-26-20-33(21-27-36)31-12-5-2-6-13-31)37-28-22-34(23-29-37)38-15-9-16-40-39-14-7-8-17-41(39)44-42(38)40/h1-33H;1-27H;1-29H. The molecule has 0 N–H and O–H groups in total. The van der Waals surface area contributed by atoms with E-state index in [2.05, 4.69) is 482 Å². The summed E-state index contributed by atoms with van der Waals surface area (Å²) in [5.74, 6) is 0. The van der Waals surface area contributed by atoms with Crippen LogP contribution in [-0.2, 0) is 0 Å². The van der Waals surface area contributed by atoms with E-state index in [1.54, 1.807) is 0 Å². The van der Waals surface area contributed by atoms with Gasteiger partial charge in [-0.05, 0) is 201 Å². The number of rotatable bonds is 17. The van der Waals surface area contributed by atoms with Crippen LogP contribution in [0.4, 0.5) is 51.2 Å². The molecular formula is C138H89N3O6. The SMILES string of the molecule is c1ccc(-c2ccc(N(c3ccc(-c4ccccc4)cc3)c3ccc(-c4cccc5c4oc4ccccc45)cc3)cc2)cc1.c1ccc(N(c2ccc(-c3cccc4c3oc3ccccc34)cc2)c2ccc(-c3cccc4c3oc3ccccc34)cc2)cc1.c1ccc2c(c1)oc1c(-c3ccc(N(c4ccc(-c5cccc6c5oc5ccccc56)cc4)c4ccc(-c5cccc6c5oc5ccccc56)cc4)cc3)cccc12. The monoisotopic (exact) mass is 1880 g/mol. The highest BCUT2D eigenvalue weighted by Crippen LogP contribution is 2.49. The molecule has 0 saturated heterocycles. The fraction of sp³-hybridized carbons (Fsp3) is 0. The molecule has 0 saturated carbocycles. The molecule has 0 aliphatic heterocycles. The summed E-state index contributed by atoms with van der Waals surface area (Å²) >= 11 is 0. The van der Waals surface area contributed by atoms with E-state index in [0.29, 0.717) is 0 Å². The second kappa shape index (κ2) is 37.0. The molecule has 29 aromatic rings. The lowest BCUT2D eigenvalue weighted by Crippen LogP contribution is -2.09. The molecule has 0 fully saturated rings. The molecule has 29 rings (SSSR count).